The number of nitrogens with zero attached hydrogens (tertiary/aromatic N) is 3. The number of likely N-dealkylation sites (N-methyl/N-ethyl adjacent to an activating group) is 1. The zero-order valence-electron chi connectivity index (χ0n) is 18.7. The van der Waals surface area contributed by atoms with Crippen LogP contribution in [0.15, 0.2) is 35.3 Å². The van der Waals surface area contributed by atoms with E-state index in [1.807, 2.05) is 0 Å². The number of aliphatic imine (C=N–C) groups is 1. The Morgan fingerprint density at radius 2 is 1.71 bits per heavy atom. The third kappa shape index (κ3) is 10.6. The molecule has 28 heavy (non-hydrogen) atoms. The maximum absolute atomic E-state index is 4.87. The van der Waals surface area contributed by atoms with Crippen LogP contribution in [-0.4, -0.2) is 68.6 Å². The number of halogens is 1. The molecule has 1 aromatic carbocycles. The van der Waals surface area contributed by atoms with E-state index in [1.165, 1.54) is 18.5 Å². The van der Waals surface area contributed by atoms with E-state index in [4.69, 9.17) is 4.99 Å². The van der Waals surface area contributed by atoms with E-state index in [1.54, 1.807) is 0 Å². The molecule has 0 spiro atoms. The minimum absolute atomic E-state index is 0. The van der Waals surface area contributed by atoms with Crippen LogP contribution < -0.4 is 10.6 Å². The molecule has 0 aliphatic rings. The molecular formula is C22H42IN5. The van der Waals surface area contributed by atoms with Crippen molar-refractivity contribution in [2.45, 2.75) is 52.6 Å². The monoisotopic (exact) mass is 503 g/mol. The third-order valence-corrected chi connectivity index (χ3v) is 4.96. The van der Waals surface area contributed by atoms with Gasteiger partial charge in [0.25, 0.3) is 0 Å². The molecule has 1 aromatic rings. The standard InChI is InChI=1S/C22H41N5.HI/c1-7-23-22(25-19(4)14-13-17-27(8-2)9-3)24-18-21(26(5)6)20-15-11-10-12-16-20;/h10-12,15-16,19,21H,7-9,13-14,17-18H2,1-6H3,(H2,23,24,25);1H. The van der Waals surface area contributed by atoms with Crippen LogP contribution in [0.1, 0.15) is 52.1 Å². The molecule has 0 radical (unpaired) electrons. The van der Waals surface area contributed by atoms with Gasteiger partial charge < -0.3 is 20.4 Å². The zero-order chi connectivity index (χ0) is 20.1. The van der Waals surface area contributed by atoms with Crippen molar-refractivity contribution in [3.63, 3.8) is 0 Å². The summed E-state index contributed by atoms with van der Waals surface area (Å²) in [6.07, 6.45) is 2.36. The van der Waals surface area contributed by atoms with E-state index in [0.29, 0.717) is 6.04 Å². The van der Waals surface area contributed by atoms with Gasteiger partial charge in [-0.25, -0.2) is 0 Å². The summed E-state index contributed by atoms with van der Waals surface area (Å²) in [7, 11) is 4.23. The van der Waals surface area contributed by atoms with Gasteiger partial charge in [0, 0.05) is 12.6 Å². The Hall–Kier alpha value is -0.860. The second kappa shape index (κ2) is 16.0. The second-order valence-electron chi connectivity index (χ2n) is 7.32. The molecule has 0 bridgehead atoms. The first kappa shape index (κ1) is 27.1. The van der Waals surface area contributed by atoms with Crippen molar-refractivity contribution in [1.82, 2.24) is 20.4 Å². The Morgan fingerprint density at radius 1 is 1.07 bits per heavy atom. The maximum atomic E-state index is 4.87. The predicted molar refractivity (Wildman–Crippen MR) is 134 cm³/mol. The lowest BCUT2D eigenvalue weighted by atomic mass is 10.1. The Morgan fingerprint density at radius 3 is 2.25 bits per heavy atom. The lowest BCUT2D eigenvalue weighted by Crippen LogP contribution is -2.43. The van der Waals surface area contributed by atoms with Crippen LogP contribution in [0.25, 0.3) is 0 Å². The normalized spacial score (nSPS) is 13.9. The number of hydrogen-bond acceptors (Lipinski definition) is 3. The van der Waals surface area contributed by atoms with Crippen LogP contribution in [0, 0.1) is 0 Å². The number of rotatable bonds is 12. The summed E-state index contributed by atoms with van der Waals surface area (Å²) in [4.78, 5) is 9.58. The number of benzene rings is 1. The van der Waals surface area contributed by atoms with Gasteiger partial charge in [-0.3, -0.25) is 4.99 Å². The number of hydrogen-bond donors (Lipinski definition) is 2. The van der Waals surface area contributed by atoms with Crippen LogP contribution in [0.5, 0.6) is 0 Å². The summed E-state index contributed by atoms with van der Waals surface area (Å²) in [5.74, 6) is 0.913. The smallest absolute Gasteiger partial charge is 0.191 e. The summed E-state index contributed by atoms with van der Waals surface area (Å²) < 4.78 is 0. The second-order valence-corrected chi connectivity index (χ2v) is 7.32. The molecule has 0 amide bonds. The Bertz CT molecular complexity index is 517. The van der Waals surface area contributed by atoms with Gasteiger partial charge in [-0.1, -0.05) is 44.2 Å². The fourth-order valence-electron chi connectivity index (χ4n) is 3.21. The Kier molecular flexibility index (Phi) is 15.5. The van der Waals surface area contributed by atoms with Gasteiger partial charge >= 0.3 is 0 Å². The van der Waals surface area contributed by atoms with E-state index in [9.17, 15) is 0 Å². The molecule has 0 aliphatic carbocycles. The quantitative estimate of drug-likeness (QED) is 0.257. The average molecular weight is 504 g/mol. The lowest BCUT2D eigenvalue weighted by Gasteiger charge is -2.24. The molecule has 1 rings (SSSR count). The topological polar surface area (TPSA) is 42.9 Å². The molecule has 0 saturated heterocycles. The summed E-state index contributed by atoms with van der Waals surface area (Å²) in [6.45, 7) is 13.9. The molecule has 5 nitrogen and oxygen atoms in total. The highest BCUT2D eigenvalue weighted by molar-refractivity contribution is 14.0. The van der Waals surface area contributed by atoms with Crippen LogP contribution in [-0.2, 0) is 0 Å². The van der Waals surface area contributed by atoms with E-state index >= 15 is 0 Å². The molecule has 2 N–H and O–H groups in total. The first-order valence-corrected chi connectivity index (χ1v) is 10.5. The van der Waals surface area contributed by atoms with Gasteiger partial charge in [0.2, 0.25) is 0 Å². The van der Waals surface area contributed by atoms with Crippen molar-refractivity contribution in [2.24, 2.45) is 4.99 Å². The van der Waals surface area contributed by atoms with Crippen molar-refractivity contribution in [3.8, 4) is 0 Å². The van der Waals surface area contributed by atoms with Crippen LogP contribution in [0.3, 0.4) is 0 Å². The first-order chi connectivity index (χ1) is 13.0. The molecule has 0 fully saturated rings. The fourth-order valence-corrected chi connectivity index (χ4v) is 3.21. The van der Waals surface area contributed by atoms with Gasteiger partial charge in [-0.15, -0.1) is 24.0 Å². The van der Waals surface area contributed by atoms with E-state index in [2.05, 4.69) is 92.6 Å². The van der Waals surface area contributed by atoms with E-state index in [-0.39, 0.29) is 30.0 Å². The van der Waals surface area contributed by atoms with Crippen LogP contribution >= 0.6 is 24.0 Å². The minimum atomic E-state index is 0. The molecule has 2 atom stereocenters. The molecule has 6 heteroatoms. The van der Waals surface area contributed by atoms with E-state index < -0.39 is 0 Å². The number of nitrogens with one attached hydrogen (secondary N) is 2. The molecule has 0 saturated carbocycles. The Labute approximate surface area is 190 Å². The summed E-state index contributed by atoms with van der Waals surface area (Å²) >= 11 is 0. The maximum Gasteiger partial charge on any atom is 0.191 e. The van der Waals surface area contributed by atoms with Crippen molar-refractivity contribution >= 4 is 29.9 Å². The highest BCUT2D eigenvalue weighted by atomic mass is 127. The summed E-state index contributed by atoms with van der Waals surface area (Å²) in [6, 6.07) is 11.3. The molecule has 0 aromatic heterocycles. The summed E-state index contributed by atoms with van der Waals surface area (Å²) in [5.41, 5.74) is 1.30. The van der Waals surface area contributed by atoms with Gasteiger partial charge in [-0.05, 0) is 66.0 Å². The zero-order valence-corrected chi connectivity index (χ0v) is 21.1. The van der Waals surface area contributed by atoms with Crippen LogP contribution in [0.2, 0.25) is 0 Å². The first-order valence-electron chi connectivity index (χ1n) is 10.5. The third-order valence-electron chi connectivity index (χ3n) is 4.96. The van der Waals surface area contributed by atoms with Crippen molar-refractivity contribution in [1.29, 1.82) is 0 Å². The van der Waals surface area contributed by atoms with Gasteiger partial charge in [0.05, 0.1) is 12.6 Å². The highest BCUT2D eigenvalue weighted by Crippen LogP contribution is 2.18. The van der Waals surface area contributed by atoms with Crippen molar-refractivity contribution in [3.05, 3.63) is 35.9 Å². The SMILES string of the molecule is CCNC(=NCC(c1ccccc1)N(C)C)NC(C)CCCN(CC)CC.I. The predicted octanol–water partition coefficient (Wildman–Crippen LogP) is 3.97. The van der Waals surface area contributed by atoms with E-state index in [0.717, 1.165) is 38.6 Å². The molecule has 162 valence electrons. The van der Waals surface area contributed by atoms with Crippen molar-refractivity contribution in [2.75, 3.05) is 46.8 Å². The highest BCUT2D eigenvalue weighted by Gasteiger charge is 2.14. The minimum Gasteiger partial charge on any atom is -0.357 e. The fraction of sp³-hybridized carbons (Fsp3) is 0.682. The average Bonchev–Trinajstić information content (AvgIpc) is 2.66. The molecular weight excluding hydrogens is 461 g/mol. The van der Waals surface area contributed by atoms with Gasteiger partial charge in [0.1, 0.15) is 0 Å². The number of guanidine groups is 1. The largest absolute Gasteiger partial charge is 0.357 e. The molecule has 0 heterocycles. The Balaban J connectivity index is 0.00000729. The lowest BCUT2D eigenvalue weighted by molar-refractivity contribution is 0.292. The van der Waals surface area contributed by atoms with Gasteiger partial charge in [0.15, 0.2) is 5.96 Å². The molecule has 0 aliphatic heterocycles. The molecule has 2 unspecified atom stereocenters. The van der Waals surface area contributed by atoms with Gasteiger partial charge in [-0.2, -0.15) is 0 Å². The van der Waals surface area contributed by atoms with Crippen LogP contribution in [0.4, 0.5) is 0 Å². The van der Waals surface area contributed by atoms with Crippen molar-refractivity contribution < 1.29 is 0 Å². The summed E-state index contributed by atoms with van der Waals surface area (Å²) in [5, 5.41) is 6.97.